The normalized spacial score (nSPS) is 9.46. The van der Waals surface area contributed by atoms with E-state index in [1.54, 1.807) is 0 Å². The molecule has 0 heterocycles. The summed E-state index contributed by atoms with van der Waals surface area (Å²) in [6.07, 6.45) is 1.45. The molecule has 78 valence electrons. The van der Waals surface area contributed by atoms with Crippen LogP contribution in [0.15, 0.2) is 12.2 Å². The molecule has 0 aliphatic rings. The highest BCUT2D eigenvalue weighted by molar-refractivity contribution is 5.85. The lowest BCUT2D eigenvalue weighted by Gasteiger charge is -2.12. The Morgan fingerprint density at radius 1 is 1.54 bits per heavy atom. The minimum Gasteiger partial charge on any atom is -0.478 e. The van der Waals surface area contributed by atoms with Crippen LogP contribution in [0.5, 0.6) is 0 Å². The summed E-state index contributed by atoms with van der Waals surface area (Å²) < 4.78 is 0. The molecule has 0 amide bonds. The Bertz CT molecular complexity index is 171. The number of hydrogen-bond acceptors (Lipinski definition) is 2. The van der Waals surface area contributed by atoms with Gasteiger partial charge in [0.2, 0.25) is 0 Å². The molecule has 3 nitrogen and oxygen atoms in total. The van der Waals surface area contributed by atoms with Gasteiger partial charge in [0.15, 0.2) is 0 Å². The molecule has 0 rings (SSSR count). The zero-order valence-electron chi connectivity index (χ0n) is 8.25. The highest BCUT2D eigenvalue weighted by atomic mass is 35.5. The first-order chi connectivity index (χ1) is 5.57. The number of carboxylic acid groups (broad SMARTS) is 1. The van der Waals surface area contributed by atoms with Crippen molar-refractivity contribution in [2.45, 2.75) is 19.8 Å². The van der Waals surface area contributed by atoms with Gasteiger partial charge in [-0.15, -0.1) is 12.4 Å². The number of halogens is 1. The fraction of sp³-hybridized carbons (Fsp3) is 0.667. The molecular weight excluding hydrogens is 190 g/mol. The third-order valence-electron chi connectivity index (χ3n) is 1.86. The van der Waals surface area contributed by atoms with E-state index < -0.39 is 5.97 Å². The summed E-state index contributed by atoms with van der Waals surface area (Å²) in [6, 6.07) is 0. The quantitative estimate of drug-likeness (QED) is 0.675. The monoisotopic (exact) mass is 207 g/mol. The van der Waals surface area contributed by atoms with E-state index in [0.29, 0.717) is 12.0 Å². The highest BCUT2D eigenvalue weighted by Crippen LogP contribution is 2.02. The Balaban J connectivity index is 0. The lowest BCUT2D eigenvalue weighted by molar-refractivity contribution is -0.132. The predicted molar refractivity (Wildman–Crippen MR) is 56.4 cm³/mol. The molecule has 1 N–H and O–H groups in total. The van der Waals surface area contributed by atoms with E-state index in [9.17, 15) is 4.79 Å². The van der Waals surface area contributed by atoms with Crippen molar-refractivity contribution in [1.82, 2.24) is 4.90 Å². The Labute approximate surface area is 85.8 Å². The molecule has 0 saturated carbocycles. The molecule has 0 unspecified atom stereocenters. The van der Waals surface area contributed by atoms with Crippen molar-refractivity contribution in [2.24, 2.45) is 0 Å². The maximum Gasteiger partial charge on any atom is 0.330 e. The summed E-state index contributed by atoms with van der Waals surface area (Å²) in [4.78, 5) is 12.5. The molecule has 13 heavy (non-hydrogen) atoms. The van der Waals surface area contributed by atoms with Crippen molar-refractivity contribution in [1.29, 1.82) is 0 Å². The minimum atomic E-state index is -0.880. The first-order valence-electron chi connectivity index (χ1n) is 4.17. The van der Waals surface area contributed by atoms with Crippen molar-refractivity contribution in [3.63, 3.8) is 0 Å². The molecule has 0 saturated heterocycles. The van der Waals surface area contributed by atoms with Crippen molar-refractivity contribution in [2.75, 3.05) is 20.1 Å². The maximum atomic E-state index is 10.3. The Kier molecular flexibility index (Phi) is 9.29. The maximum absolute atomic E-state index is 10.3. The zero-order valence-corrected chi connectivity index (χ0v) is 9.06. The molecule has 0 radical (unpaired) electrons. The molecule has 0 atom stereocenters. The van der Waals surface area contributed by atoms with Crippen LogP contribution < -0.4 is 0 Å². The third-order valence-corrected chi connectivity index (χ3v) is 1.86. The molecule has 0 aliphatic heterocycles. The van der Waals surface area contributed by atoms with Gasteiger partial charge in [-0.05, 0) is 33.0 Å². The van der Waals surface area contributed by atoms with E-state index in [1.165, 1.54) is 0 Å². The molecule has 0 aromatic rings. The fourth-order valence-electron chi connectivity index (χ4n) is 0.827. The molecule has 0 aliphatic carbocycles. The number of hydrogen-bond donors (Lipinski definition) is 1. The van der Waals surface area contributed by atoms with Gasteiger partial charge in [0.25, 0.3) is 0 Å². The highest BCUT2D eigenvalue weighted by Gasteiger charge is 2.03. The summed E-state index contributed by atoms with van der Waals surface area (Å²) >= 11 is 0. The smallest absolute Gasteiger partial charge is 0.330 e. The largest absolute Gasteiger partial charge is 0.478 e. The van der Waals surface area contributed by atoms with E-state index >= 15 is 0 Å². The summed E-state index contributed by atoms with van der Waals surface area (Å²) in [6.45, 7) is 7.47. The van der Waals surface area contributed by atoms with Crippen molar-refractivity contribution < 1.29 is 9.90 Å². The SMILES string of the molecule is C=C(CCCN(C)CC)C(=O)O.Cl. The second kappa shape index (κ2) is 8.08. The molecular formula is C9H18ClNO2. The standard InChI is InChI=1S/C9H17NO2.ClH/c1-4-10(3)7-5-6-8(2)9(11)12;/h2,4-7H2,1,3H3,(H,11,12);1H. The Morgan fingerprint density at radius 3 is 2.46 bits per heavy atom. The van der Waals surface area contributed by atoms with Gasteiger partial charge < -0.3 is 10.0 Å². The molecule has 4 heteroatoms. The summed E-state index contributed by atoms with van der Waals surface area (Å²) in [5, 5.41) is 8.49. The average molecular weight is 208 g/mol. The van der Waals surface area contributed by atoms with Crippen LogP contribution in [0, 0.1) is 0 Å². The predicted octanol–water partition coefficient (Wildman–Crippen LogP) is 1.78. The van der Waals surface area contributed by atoms with Gasteiger partial charge in [0, 0.05) is 5.57 Å². The molecule has 0 aromatic carbocycles. The van der Waals surface area contributed by atoms with Crippen molar-refractivity contribution in [3.05, 3.63) is 12.2 Å². The number of carboxylic acids is 1. The fourth-order valence-corrected chi connectivity index (χ4v) is 0.827. The molecule has 0 fully saturated rings. The van der Waals surface area contributed by atoms with Crippen LogP contribution in [0.25, 0.3) is 0 Å². The lowest BCUT2D eigenvalue weighted by atomic mass is 10.1. The Morgan fingerprint density at radius 2 is 2.08 bits per heavy atom. The van der Waals surface area contributed by atoms with E-state index in [1.807, 2.05) is 7.05 Å². The second-order valence-electron chi connectivity index (χ2n) is 2.91. The van der Waals surface area contributed by atoms with Gasteiger partial charge in [-0.3, -0.25) is 0 Å². The van der Waals surface area contributed by atoms with Gasteiger partial charge in [0.05, 0.1) is 0 Å². The van der Waals surface area contributed by atoms with Crippen LogP contribution in [0.3, 0.4) is 0 Å². The topological polar surface area (TPSA) is 40.5 Å². The lowest BCUT2D eigenvalue weighted by Crippen LogP contribution is -2.19. The first-order valence-corrected chi connectivity index (χ1v) is 4.17. The van der Waals surface area contributed by atoms with Gasteiger partial charge in [-0.2, -0.15) is 0 Å². The van der Waals surface area contributed by atoms with Crippen LogP contribution in [0.1, 0.15) is 19.8 Å². The first kappa shape index (κ1) is 15.0. The van der Waals surface area contributed by atoms with Crippen LogP contribution in [-0.4, -0.2) is 36.1 Å². The molecule has 0 aromatic heterocycles. The van der Waals surface area contributed by atoms with Gasteiger partial charge in [-0.25, -0.2) is 4.79 Å². The number of rotatable bonds is 6. The van der Waals surface area contributed by atoms with E-state index in [-0.39, 0.29) is 12.4 Å². The van der Waals surface area contributed by atoms with E-state index in [0.717, 1.165) is 19.5 Å². The number of aliphatic carboxylic acids is 1. The van der Waals surface area contributed by atoms with Crippen LogP contribution in [0.2, 0.25) is 0 Å². The third kappa shape index (κ3) is 7.81. The second-order valence-corrected chi connectivity index (χ2v) is 2.91. The van der Waals surface area contributed by atoms with Gasteiger partial charge >= 0.3 is 5.97 Å². The van der Waals surface area contributed by atoms with E-state index in [4.69, 9.17) is 5.11 Å². The number of nitrogens with zero attached hydrogens (tertiary/aromatic N) is 1. The molecule has 0 bridgehead atoms. The van der Waals surface area contributed by atoms with Crippen LogP contribution in [0.4, 0.5) is 0 Å². The Hall–Kier alpha value is -0.540. The number of carbonyl (C=O) groups is 1. The average Bonchev–Trinajstić information content (AvgIpc) is 2.03. The summed E-state index contributed by atoms with van der Waals surface area (Å²) in [7, 11) is 2.02. The molecule has 0 spiro atoms. The van der Waals surface area contributed by atoms with Gasteiger partial charge in [0.1, 0.15) is 0 Å². The summed E-state index contributed by atoms with van der Waals surface area (Å²) in [5.74, 6) is -0.880. The van der Waals surface area contributed by atoms with E-state index in [2.05, 4.69) is 18.4 Å². The van der Waals surface area contributed by atoms with Crippen LogP contribution in [-0.2, 0) is 4.79 Å². The van der Waals surface area contributed by atoms with Gasteiger partial charge in [-0.1, -0.05) is 13.5 Å². The minimum absolute atomic E-state index is 0. The van der Waals surface area contributed by atoms with Crippen molar-refractivity contribution in [3.8, 4) is 0 Å². The van der Waals surface area contributed by atoms with Crippen LogP contribution >= 0.6 is 12.4 Å². The zero-order chi connectivity index (χ0) is 9.56. The van der Waals surface area contributed by atoms with Crippen molar-refractivity contribution >= 4 is 18.4 Å². The summed E-state index contributed by atoms with van der Waals surface area (Å²) in [5.41, 5.74) is 0.305.